The molecule has 0 N–H and O–H groups in total. The molecule has 0 atom stereocenters. The predicted octanol–water partition coefficient (Wildman–Crippen LogP) is 2.90. The van der Waals surface area contributed by atoms with Gasteiger partial charge in [0.1, 0.15) is 58.7 Å². The molecule has 2 rings (SSSR count). The summed E-state index contributed by atoms with van der Waals surface area (Å²) >= 11 is 0. The van der Waals surface area contributed by atoms with Crippen LogP contribution >= 0.6 is 21.6 Å². The van der Waals surface area contributed by atoms with E-state index in [1.54, 1.807) is 36.4 Å². The molecule has 0 aliphatic carbocycles. The summed E-state index contributed by atoms with van der Waals surface area (Å²) in [6, 6.07) is 10.3. The van der Waals surface area contributed by atoms with Gasteiger partial charge in [0.05, 0.1) is 0 Å². The largest absolute Gasteiger partial charge is 0.436 e. The molecular formula is C14N6O2S2. The van der Waals surface area contributed by atoms with Gasteiger partial charge in [0.15, 0.2) is 10.2 Å². The Morgan fingerprint density at radius 1 is 0.500 bits per heavy atom. The molecule has 0 amide bonds. The van der Waals surface area contributed by atoms with Gasteiger partial charge in [-0.25, -0.2) is 0 Å². The van der Waals surface area contributed by atoms with Crippen LogP contribution in [-0.4, -0.2) is 0 Å². The molecule has 2 heterocycles. The monoisotopic (exact) mass is 348 g/mol. The van der Waals surface area contributed by atoms with E-state index in [4.69, 9.17) is 40.4 Å². The maximum Gasteiger partial charge on any atom is 0.224 e. The standard InChI is InChI=1S/C14N6O2S2/c15-1-7-9(3-17)13(21-11(7)5-19)23-24-14-10(4-18)8(2-16)12(6-20)22-14. The van der Waals surface area contributed by atoms with Gasteiger partial charge in [0.2, 0.25) is 11.5 Å². The Bertz CT molecular complexity index is 998. The smallest absolute Gasteiger partial charge is 0.224 e. The zero-order chi connectivity index (χ0) is 17.7. The first-order valence-electron chi connectivity index (χ1n) is 5.73. The number of hydrogen-bond acceptors (Lipinski definition) is 10. The highest BCUT2D eigenvalue weighted by molar-refractivity contribution is 8.76. The Morgan fingerprint density at radius 2 is 0.833 bits per heavy atom. The molecule has 0 radical (unpaired) electrons. The average molecular weight is 348 g/mol. The Morgan fingerprint density at radius 3 is 1.08 bits per heavy atom. The van der Waals surface area contributed by atoms with E-state index in [1.165, 1.54) is 0 Å². The van der Waals surface area contributed by atoms with E-state index in [0.29, 0.717) is 0 Å². The molecule has 0 saturated carbocycles. The molecule has 0 spiro atoms. The lowest BCUT2D eigenvalue weighted by molar-refractivity contribution is 0.459. The van der Waals surface area contributed by atoms with Crippen molar-refractivity contribution < 1.29 is 8.83 Å². The van der Waals surface area contributed by atoms with Crippen molar-refractivity contribution >= 4 is 21.6 Å². The minimum absolute atomic E-state index is 0.0205. The van der Waals surface area contributed by atoms with Crippen LogP contribution in [0.1, 0.15) is 33.8 Å². The van der Waals surface area contributed by atoms with Crippen molar-refractivity contribution in [2.24, 2.45) is 0 Å². The first-order chi connectivity index (χ1) is 11.6. The Hall–Kier alpha value is -3.80. The van der Waals surface area contributed by atoms with Gasteiger partial charge in [0, 0.05) is 0 Å². The minimum atomic E-state index is -0.299. The van der Waals surface area contributed by atoms with E-state index in [9.17, 15) is 0 Å². The lowest BCUT2D eigenvalue weighted by Crippen LogP contribution is -1.80. The van der Waals surface area contributed by atoms with Crippen LogP contribution < -0.4 is 0 Å². The summed E-state index contributed by atoms with van der Waals surface area (Å²) in [4.78, 5) is 0. The van der Waals surface area contributed by atoms with Crippen molar-refractivity contribution in [3.63, 3.8) is 0 Å². The molecule has 0 bridgehead atoms. The molecule has 0 saturated heterocycles. The summed E-state index contributed by atoms with van der Waals surface area (Å²) in [7, 11) is 1.65. The zero-order valence-corrected chi connectivity index (χ0v) is 12.9. The van der Waals surface area contributed by atoms with Gasteiger partial charge in [-0.15, -0.1) is 0 Å². The van der Waals surface area contributed by atoms with Gasteiger partial charge < -0.3 is 8.83 Å². The summed E-state index contributed by atoms with van der Waals surface area (Å²) in [5.41, 5.74) is -0.591. The number of hydrogen-bond donors (Lipinski definition) is 0. The van der Waals surface area contributed by atoms with Gasteiger partial charge in [-0.1, -0.05) is 0 Å². The second kappa shape index (κ2) is 6.97. The number of nitriles is 6. The van der Waals surface area contributed by atoms with E-state index >= 15 is 0 Å². The van der Waals surface area contributed by atoms with Crippen LogP contribution in [-0.2, 0) is 0 Å². The van der Waals surface area contributed by atoms with Crippen LogP contribution in [0.4, 0.5) is 0 Å². The lowest BCUT2D eigenvalue weighted by Gasteiger charge is -1.95. The molecule has 24 heavy (non-hydrogen) atoms. The molecule has 0 aliphatic heterocycles. The Kier molecular flexibility index (Phi) is 4.81. The van der Waals surface area contributed by atoms with Gasteiger partial charge in [-0.2, -0.15) is 31.6 Å². The topological polar surface area (TPSA) is 169 Å². The first-order valence-corrected chi connectivity index (χ1v) is 7.88. The fraction of sp³-hybridized carbons (Fsp3) is 0. The van der Waals surface area contributed by atoms with Crippen LogP contribution in [0.3, 0.4) is 0 Å². The van der Waals surface area contributed by atoms with Crippen LogP contribution in [0.15, 0.2) is 19.0 Å². The van der Waals surface area contributed by atoms with Crippen LogP contribution in [0, 0.1) is 68.0 Å². The van der Waals surface area contributed by atoms with E-state index in [1.807, 2.05) is 0 Å². The molecule has 2 aromatic rings. The van der Waals surface area contributed by atoms with E-state index < -0.39 is 0 Å². The van der Waals surface area contributed by atoms with E-state index in [0.717, 1.165) is 21.6 Å². The zero-order valence-electron chi connectivity index (χ0n) is 11.3. The summed E-state index contributed by atoms with van der Waals surface area (Å²) < 4.78 is 10.3. The molecule has 10 heteroatoms. The lowest BCUT2D eigenvalue weighted by atomic mass is 10.2. The number of furan rings is 2. The van der Waals surface area contributed by atoms with Gasteiger partial charge in [0.25, 0.3) is 0 Å². The maximum atomic E-state index is 9.11. The van der Waals surface area contributed by atoms with Gasteiger partial charge in [-0.05, 0) is 21.6 Å². The average Bonchev–Trinajstić information content (AvgIpc) is 3.15. The third-order valence-corrected chi connectivity index (χ3v) is 4.71. The molecule has 110 valence electrons. The highest BCUT2D eigenvalue weighted by Crippen LogP contribution is 2.44. The summed E-state index contributed by atoms with van der Waals surface area (Å²) in [5, 5.41) is 53.9. The normalized spacial score (nSPS) is 8.92. The van der Waals surface area contributed by atoms with Crippen molar-refractivity contribution in [3.8, 4) is 36.4 Å². The number of rotatable bonds is 3. The molecule has 0 aromatic carbocycles. The first kappa shape index (κ1) is 16.6. The second-order valence-corrected chi connectivity index (χ2v) is 5.85. The summed E-state index contributed by atoms with van der Waals surface area (Å²) in [6.07, 6.45) is 0. The summed E-state index contributed by atoms with van der Waals surface area (Å²) in [6.45, 7) is 0. The van der Waals surface area contributed by atoms with Crippen molar-refractivity contribution in [3.05, 3.63) is 33.8 Å². The SMILES string of the molecule is N#Cc1oc(SSc2oc(C#N)c(C#N)c2C#N)c(C#N)c1C#N. The Balaban J connectivity index is 2.42. The maximum absolute atomic E-state index is 9.11. The highest BCUT2D eigenvalue weighted by atomic mass is 33.1. The van der Waals surface area contributed by atoms with Crippen LogP contribution in [0.25, 0.3) is 0 Å². The van der Waals surface area contributed by atoms with Gasteiger partial charge in [-0.3, -0.25) is 0 Å². The molecule has 0 aliphatic rings. The fourth-order valence-electron chi connectivity index (χ4n) is 1.59. The van der Waals surface area contributed by atoms with Crippen molar-refractivity contribution in [1.82, 2.24) is 0 Å². The molecule has 2 aromatic heterocycles. The quantitative estimate of drug-likeness (QED) is 0.751. The fourth-order valence-corrected chi connectivity index (χ4v) is 3.59. The van der Waals surface area contributed by atoms with Crippen LogP contribution in [0.5, 0.6) is 0 Å². The minimum Gasteiger partial charge on any atom is -0.436 e. The van der Waals surface area contributed by atoms with Crippen LogP contribution in [0.2, 0.25) is 0 Å². The van der Waals surface area contributed by atoms with Gasteiger partial charge >= 0.3 is 0 Å². The molecular weight excluding hydrogens is 348 g/mol. The Labute approximate surface area is 142 Å². The van der Waals surface area contributed by atoms with Crippen molar-refractivity contribution in [1.29, 1.82) is 31.6 Å². The third-order valence-electron chi connectivity index (χ3n) is 2.60. The van der Waals surface area contributed by atoms with E-state index in [-0.39, 0.29) is 44.0 Å². The summed E-state index contributed by atoms with van der Waals surface area (Å²) in [5.74, 6) is -0.597. The molecule has 0 unspecified atom stereocenters. The van der Waals surface area contributed by atoms with E-state index in [2.05, 4.69) is 0 Å². The third kappa shape index (κ3) is 2.64. The number of nitrogens with zero attached hydrogens (tertiary/aromatic N) is 6. The highest BCUT2D eigenvalue weighted by Gasteiger charge is 2.25. The predicted molar refractivity (Wildman–Crippen MR) is 77.4 cm³/mol. The second-order valence-electron chi connectivity index (χ2n) is 3.77. The van der Waals surface area contributed by atoms with Crippen molar-refractivity contribution in [2.45, 2.75) is 10.2 Å². The van der Waals surface area contributed by atoms with Crippen molar-refractivity contribution in [2.75, 3.05) is 0 Å². The molecule has 8 nitrogen and oxygen atoms in total. The molecule has 0 fully saturated rings.